The first kappa shape index (κ1) is 28.8. The Bertz CT molecular complexity index is 1710. The molecule has 10 nitrogen and oxygen atoms in total. The molecule has 6 rings (SSSR count). The monoisotopic (exact) mass is 582 g/mol. The van der Waals surface area contributed by atoms with E-state index >= 15 is 0 Å². The molecule has 0 amide bonds. The number of ether oxygens (including phenoxy) is 4. The molecule has 1 unspecified atom stereocenters. The molecule has 4 atom stereocenters. The molecule has 0 radical (unpaired) electrons. The molecule has 10 heteroatoms. The summed E-state index contributed by atoms with van der Waals surface area (Å²) in [6.07, 6.45) is -1.56. The lowest BCUT2D eigenvalue weighted by Gasteiger charge is -2.40. The van der Waals surface area contributed by atoms with Crippen molar-refractivity contribution in [2.75, 3.05) is 12.3 Å². The molecule has 3 heterocycles. The van der Waals surface area contributed by atoms with Gasteiger partial charge in [-0.25, -0.2) is 4.52 Å². The zero-order valence-corrected chi connectivity index (χ0v) is 23.8. The van der Waals surface area contributed by atoms with E-state index in [9.17, 15) is 9.90 Å². The van der Waals surface area contributed by atoms with Gasteiger partial charge in [0.15, 0.2) is 5.60 Å². The number of fused-ring (bicyclic) bond motifs is 1. The van der Waals surface area contributed by atoms with Gasteiger partial charge in [0.25, 0.3) is 5.56 Å². The first-order chi connectivity index (χ1) is 20.9. The molecule has 1 aliphatic heterocycles. The number of hydrogen-bond donors (Lipinski definition) is 3. The lowest BCUT2D eigenvalue weighted by molar-refractivity contribution is -0.294. The van der Waals surface area contributed by atoms with Gasteiger partial charge in [-0.15, -0.1) is 5.10 Å². The summed E-state index contributed by atoms with van der Waals surface area (Å²) in [5, 5.41) is 16.9. The number of rotatable bonds is 11. The van der Waals surface area contributed by atoms with Gasteiger partial charge in [0.05, 0.1) is 26.4 Å². The summed E-state index contributed by atoms with van der Waals surface area (Å²) >= 11 is 0. The average Bonchev–Trinajstić information content (AvgIpc) is 3.54. The Labute approximate surface area is 248 Å². The number of H-pyrrole nitrogens is 1. The van der Waals surface area contributed by atoms with E-state index in [-0.39, 0.29) is 37.0 Å². The number of benzene rings is 3. The molecule has 1 fully saturated rings. The number of aromatic amines is 1. The molecule has 5 aromatic rings. The third kappa shape index (κ3) is 5.71. The van der Waals surface area contributed by atoms with Gasteiger partial charge in [-0.3, -0.25) is 9.78 Å². The van der Waals surface area contributed by atoms with Crippen molar-refractivity contribution in [3.05, 3.63) is 136 Å². The SMILES string of the molecule is C[C@@]1(OCc2ccccc2)C(OCc2ccccc2)[C@@H](COCc2ccccc2)O[C@@]1(O)c1ccc2c(=O)[nH]c(N)nn12. The van der Waals surface area contributed by atoms with Gasteiger partial charge in [-0.1, -0.05) is 91.0 Å². The Morgan fingerprint density at radius 2 is 1.47 bits per heavy atom. The summed E-state index contributed by atoms with van der Waals surface area (Å²) in [5.74, 6) is -2.23. The number of nitrogen functional groups attached to an aromatic ring is 1. The maximum absolute atomic E-state index is 12.7. The third-order valence-electron chi connectivity index (χ3n) is 7.81. The van der Waals surface area contributed by atoms with Gasteiger partial charge >= 0.3 is 0 Å². The van der Waals surface area contributed by atoms with Gasteiger partial charge < -0.3 is 29.8 Å². The minimum absolute atomic E-state index is 0.0976. The Balaban J connectivity index is 1.40. The number of anilines is 1. The second kappa shape index (κ2) is 12.1. The molecule has 2 aromatic heterocycles. The van der Waals surface area contributed by atoms with Crippen LogP contribution < -0.4 is 11.3 Å². The van der Waals surface area contributed by atoms with Crippen molar-refractivity contribution in [2.45, 2.75) is 50.3 Å². The normalized spacial score (nSPS) is 23.6. The van der Waals surface area contributed by atoms with Crippen LogP contribution in [-0.2, 0) is 44.6 Å². The van der Waals surface area contributed by atoms with Crippen LogP contribution in [0.25, 0.3) is 5.52 Å². The van der Waals surface area contributed by atoms with E-state index in [2.05, 4.69) is 10.1 Å². The van der Waals surface area contributed by atoms with Gasteiger partial charge in [0.2, 0.25) is 11.7 Å². The number of hydrogen-bond acceptors (Lipinski definition) is 8. The minimum atomic E-state index is -2.12. The molecule has 3 aromatic carbocycles. The molecule has 0 spiro atoms. The molecule has 1 saturated heterocycles. The Morgan fingerprint density at radius 3 is 2.09 bits per heavy atom. The Morgan fingerprint density at radius 1 is 0.884 bits per heavy atom. The highest BCUT2D eigenvalue weighted by atomic mass is 16.7. The number of nitrogens with zero attached hydrogens (tertiary/aromatic N) is 2. The first-order valence-electron chi connectivity index (χ1n) is 14.1. The van der Waals surface area contributed by atoms with E-state index in [1.165, 1.54) is 4.52 Å². The minimum Gasteiger partial charge on any atom is -0.374 e. The fraction of sp³-hybridized carbons (Fsp3) is 0.273. The lowest BCUT2D eigenvalue weighted by atomic mass is 9.87. The zero-order chi connectivity index (χ0) is 29.9. The molecule has 4 N–H and O–H groups in total. The quantitative estimate of drug-likeness (QED) is 0.213. The second-order valence-corrected chi connectivity index (χ2v) is 10.8. The van der Waals surface area contributed by atoms with Crippen LogP contribution in [0.2, 0.25) is 0 Å². The van der Waals surface area contributed by atoms with Crippen LogP contribution in [0.15, 0.2) is 108 Å². The summed E-state index contributed by atoms with van der Waals surface area (Å²) in [5.41, 5.74) is 7.16. The summed E-state index contributed by atoms with van der Waals surface area (Å²) in [6.45, 7) is 2.59. The maximum atomic E-state index is 12.7. The van der Waals surface area contributed by atoms with E-state index in [0.29, 0.717) is 6.61 Å². The largest absolute Gasteiger partial charge is 0.374 e. The predicted molar refractivity (Wildman–Crippen MR) is 160 cm³/mol. The van der Waals surface area contributed by atoms with Crippen molar-refractivity contribution in [1.29, 1.82) is 0 Å². The summed E-state index contributed by atoms with van der Waals surface area (Å²) in [4.78, 5) is 15.2. The second-order valence-electron chi connectivity index (χ2n) is 10.8. The summed E-state index contributed by atoms with van der Waals surface area (Å²) < 4.78 is 27.0. The maximum Gasteiger partial charge on any atom is 0.276 e. The summed E-state index contributed by atoms with van der Waals surface area (Å²) in [7, 11) is 0. The zero-order valence-electron chi connectivity index (χ0n) is 23.8. The van der Waals surface area contributed by atoms with E-state index in [0.717, 1.165) is 16.7 Å². The van der Waals surface area contributed by atoms with Crippen LogP contribution in [0, 0.1) is 0 Å². The number of aromatic nitrogens is 3. The highest BCUT2D eigenvalue weighted by Gasteiger charge is 2.67. The number of aliphatic hydroxyl groups is 1. The van der Waals surface area contributed by atoms with Gasteiger partial charge in [-0.2, -0.15) is 0 Å². The van der Waals surface area contributed by atoms with Crippen LogP contribution in [-0.4, -0.2) is 44.1 Å². The van der Waals surface area contributed by atoms with Crippen LogP contribution in [0.4, 0.5) is 5.95 Å². The van der Waals surface area contributed by atoms with Crippen molar-refractivity contribution < 1.29 is 24.1 Å². The van der Waals surface area contributed by atoms with Gasteiger partial charge in [0, 0.05) is 0 Å². The van der Waals surface area contributed by atoms with Crippen molar-refractivity contribution in [3.8, 4) is 0 Å². The average molecular weight is 583 g/mol. The van der Waals surface area contributed by atoms with Gasteiger partial charge in [0.1, 0.15) is 23.4 Å². The molecule has 0 aliphatic carbocycles. The highest BCUT2D eigenvalue weighted by Crippen LogP contribution is 2.49. The molecule has 1 aliphatic rings. The van der Waals surface area contributed by atoms with Crippen molar-refractivity contribution in [1.82, 2.24) is 14.6 Å². The highest BCUT2D eigenvalue weighted by molar-refractivity contribution is 5.49. The smallest absolute Gasteiger partial charge is 0.276 e. The Kier molecular flexibility index (Phi) is 8.11. The standard InChI is InChI=1S/C33H34N4O6/c1-32(42-21-25-15-9-4-10-16-25)29(41-20-24-13-7-3-8-14-24)27(22-40-19-23-11-5-2-6-12-23)43-33(32,39)28-18-17-26-30(38)35-31(34)36-37(26)28/h2-18,27,29,39H,19-22H2,1H3,(H3,34,35,36,38)/t27-,29?,32-,33+/m1/s1. The molecule has 43 heavy (non-hydrogen) atoms. The molecule has 0 bridgehead atoms. The summed E-state index contributed by atoms with van der Waals surface area (Å²) in [6, 6.07) is 32.3. The number of nitrogens with two attached hydrogens (primary N) is 1. The lowest BCUT2D eigenvalue weighted by Crippen LogP contribution is -2.55. The predicted octanol–water partition coefficient (Wildman–Crippen LogP) is 3.93. The molecular weight excluding hydrogens is 548 g/mol. The van der Waals surface area contributed by atoms with E-state index in [1.54, 1.807) is 19.1 Å². The van der Waals surface area contributed by atoms with E-state index in [1.807, 2.05) is 91.0 Å². The third-order valence-corrected chi connectivity index (χ3v) is 7.81. The fourth-order valence-corrected chi connectivity index (χ4v) is 5.54. The topological polar surface area (TPSA) is 133 Å². The molecule has 222 valence electrons. The van der Waals surface area contributed by atoms with Crippen LogP contribution in [0.1, 0.15) is 29.3 Å². The Hall–Kier alpha value is -4.32. The molecular formula is C33H34N4O6. The van der Waals surface area contributed by atoms with Crippen molar-refractivity contribution in [2.24, 2.45) is 0 Å². The van der Waals surface area contributed by atoms with E-state index < -0.39 is 29.2 Å². The molecule has 0 saturated carbocycles. The van der Waals surface area contributed by atoms with Crippen LogP contribution in [0.3, 0.4) is 0 Å². The van der Waals surface area contributed by atoms with Crippen molar-refractivity contribution >= 4 is 11.5 Å². The number of nitrogens with one attached hydrogen (secondary N) is 1. The van der Waals surface area contributed by atoms with Gasteiger partial charge in [-0.05, 0) is 35.7 Å². The van der Waals surface area contributed by atoms with E-state index in [4.69, 9.17) is 24.7 Å². The fourth-order valence-electron chi connectivity index (χ4n) is 5.54. The van der Waals surface area contributed by atoms with Crippen LogP contribution >= 0.6 is 0 Å². The van der Waals surface area contributed by atoms with Crippen molar-refractivity contribution in [3.63, 3.8) is 0 Å². The first-order valence-corrected chi connectivity index (χ1v) is 14.1. The van der Waals surface area contributed by atoms with Crippen LogP contribution in [0.5, 0.6) is 0 Å².